The third kappa shape index (κ3) is 2.76. The van der Waals surface area contributed by atoms with Crippen LogP contribution in [0.3, 0.4) is 0 Å². The Morgan fingerprint density at radius 3 is 2.71 bits per heavy atom. The fourth-order valence-electron chi connectivity index (χ4n) is 1.10. The van der Waals surface area contributed by atoms with E-state index in [0.29, 0.717) is 12.7 Å². The van der Waals surface area contributed by atoms with E-state index < -0.39 is 0 Å². The summed E-state index contributed by atoms with van der Waals surface area (Å²) in [6, 6.07) is 7.77. The van der Waals surface area contributed by atoms with Crippen LogP contribution in [0.15, 0.2) is 29.8 Å². The molecule has 1 heterocycles. The third-order valence-electron chi connectivity index (χ3n) is 1.97. The van der Waals surface area contributed by atoms with Crippen LogP contribution in [0.5, 0.6) is 5.75 Å². The fourth-order valence-corrected chi connectivity index (χ4v) is 1.25. The van der Waals surface area contributed by atoms with Gasteiger partial charge in [-0.3, -0.25) is 0 Å². The van der Waals surface area contributed by atoms with Crippen LogP contribution in [-0.4, -0.2) is 19.3 Å². The molecule has 0 radical (unpaired) electrons. The molecule has 1 aliphatic rings. The minimum Gasteiger partial charge on any atom is -0.491 e. The highest BCUT2D eigenvalue weighted by Crippen LogP contribution is 2.16. The number of benzene rings is 1. The predicted octanol–water partition coefficient (Wildman–Crippen LogP) is 2.67. The SMILES string of the molecule is ClC=Cc1ccc(OCC2CO2)cc1. The lowest BCUT2D eigenvalue weighted by atomic mass is 10.2. The topological polar surface area (TPSA) is 21.8 Å². The molecule has 0 bridgehead atoms. The number of hydrogen-bond acceptors (Lipinski definition) is 2. The quantitative estimate of drug-likeness (QED) is 0.713. The van der Waals surface area contributed by atoms with Crippen LogP contribution in [0.2, 0.25) is 0 Å². The van der Waals surface area contributed by atoms with Gasteiger partial charge in [-0.15, -0.1) is 0 Å². The van der Waals surface area contributed by atoms with Gasteiger partial charge in [0.05, 0.1) is 6.61 Å². The second-order valence-corrected chi connectivity index (χ2v) is 3.38. The van der Waals surface area contributed by atoms with Crippen LogP contribution in [0.4, 0.5) is 0 Å². The van der Waals surface area contributed by atoms with Crippen LogP contribution < -0.4 is 4.74 Å². The van der Waals surface area contributed by atoms with E-state index in [4.69, 9.17) is 21.1 Å². The van der Waals surface area contributed by atoms with Gasteiger partial charge in [0.2, 0.25) is 0 Å². The van der Waals surface area contributed by atoms with Crippen molar-refractivity contribution in [2.75, 3.05) is 13.2 Å². The zero-order valence-corrected chi connectivity index (χ0v) is 8.41. The molecule has 1 atom stereocenters. The Bertz CT molecular complexity index is 315. The molecule has 0 aliphatic carbocycles. The van der Waals surface area contributed by atoms with E-state index in [1.54, 1.807) is 0 Å². The van der Waals surface area contributed by atoms with Crippen LogP contribution in [-0.2, 0) is 4.74 Å². The molecule has 3 heteroatoms. The van der Waals surface area contributed by atoms with E-state index in [-0.39, 0.29) is 0 Å². The van der Waals surface area contributed by atoms with Crippen molar-refractivity contribution in [3.05, 3.63) is 35.4 Å². The summed E-state index contributed by atoms with van der Waals surface area (Å²) in [4.78, 5) is 0. The highest BCUT2D eigenvalue weighted by Gasteiger charge is 2.22. The van der Waals surface area contributed by atoms with E-state index in [1.165, 1.54) is 5.54 Å². The maximum Gasteiger partial charge on any atom is 0.119 e. The number of ether oxygens (including phenoxy) is 2. The molecule has 1 unspecified atom stereocenters. The monoisotopic (exact) mass is 210 g/mol. The standard InChI is InChI=1S/C11H11ClO2/c12-6-5-9-1-3-10(4-2-9)13-7-11-8-14-11/h1-6,11H,7-8H2. The Morgan fingerprint density at radius 2 is 2.14 bits per heavy atom. The first kappa shape index (κ1) is 9.56. The molecule has 1 aromatic rings. The van der Waals surface area contributed by atoms with Crippen LogP contribution in [0, 0.1) is 0 Å². The molecule has 1 aromatic carbocycles. The second-order valence-electron chi connectivity index (χ2n) is 3.13. The normalized spacial score (nSPS) is 19.9. The summed E-state index contributed by atoms with van der Waals surface area (Å²) in [5, 5.41) is 0. The zero-order valence-electron chi connectivity index (χ0n) is 7.65. The summed E-state index contributed by atoms with van der Waals surface area (Å²) in [6.07, 6.45) is 2.13. The van der Waals surface area contributed by atoms with Gasteiger partial charge in [-0.25, -0.2) is 0 Å². The lowest BCUT2D eigenvalue weighted by molar-refractivity contribution is 0.263. The Kier molecular flexibility index (Phi) is 3.07. The minimum atomic E-state index is 0.303. The average molecular weight is 211 g/mol. The van der Waals surface area contributed by atoms with Crippen molar-refractivity contribution in [2.24, 2.45) is 0 Å². The average Bonchev–Trinajstić information content (AvgIpc) is 3.01. The lowest BCUT2D eigenvalue weighted by Crippen LogP contribution is -2.03. The zero-order chi connectivity index (χ0) is 9.80. The maximum atomic E-state index is 5.48. The van der Waals surface area contributed by atoms with Gasteiger partial charge in [0, 0.05) is 5.54 Å². The number of epoxide rings is 1. The van der Waals surface area contributed by atoms with Crippen molar-refractivity contribution in [2.45, 2.75) is 6.10 Å². The van der Waals surface area contributed by atoms with Crippen LogP contribution in [0.25, 0.3) is 6.08 Å². The van der Waals surface area contributed by atoms with Gasteiger partial charge < -0.3 is 9.47 Å². The molecule has 0 spiro atoms. The Labute approximate surface area is 88.1 Å². The van der Waals surface area contributed by atoms with E-state index in [9.17, 15) is 0 Å². The Balaban J connectivity index is 1.91. The summed E-state index contributed by atoms with van der Waals surface area (Å²) in [6.45, 7) is 1.47. The third-order valence-corrected chi connectivity index (χ3v) is 2.10. The first-order chi connectivity index (χ1) is 6.88. The van der Waals surface area contributed by atoms with Gasteiger partial charge in [-0.05, 0) is 23.8 Å². The predicted molar refractivity (Wildman–Crippen MR) is 56.6 cm³/mol. The minimum absolute atomic E-state index is 0.303. The second kappa shape index (κ2) is 4.49. The van der Waals surface area contributed by atoms with Crippen molar-refractivity contribution in [1.29, 1.82) is 0 Å². The summed E-state index contributed by atoms with van der Waals surface area (Å²) in [5.41, 5.74) is 2.56. The first-order valence-electron chi connectivity index (χ1n) is 4.50. The van der Waals surface area contributed by atoms with Crippen molar-refractivity contribution in [1.82, 2.24) is 0 Å². The molecule has 14 heavy (non-hydrogen) atoms. The lowest BCUT2D eigenvalue weighted by Gasteiger charge is -2.03. The maximum absolute atomic E-state index is 5.48. The van der Waals surface area contributed by atoms with Crippen molar-refractivity contribution in [3.63, 3.8) is 0 Å². The van der Waals surface area contributed by atoms with Gasteiger partial charge in [0.1, 0.15) is 18.5 Å². The van der Waals surface area contributed by atoms with E-state index in [2.05, 4.69) is 0 Å². The van der Waals surface area contributed by atoms with Gasteiger partial charge in [-0.2, -0.15) is 0 Å². The molecule has 74 valence electrons. The van der Waals surface area contributed by atoms with Gasteiger partial charge in [0.25, 0.3) is 0 Å². The molecule has 1 saturated heterocycles. The van der Waals surface area contributed by atoms with E-state index in [1.807, 2.05) is 30.3 Å². The highest BCUT2D eigenvalue weighted by atomic mass is 35.5. The summed E-state index contributed by atoms with van der Waals surface area (Å²) in [5.74, 6) is 0.868. The molecule has 0 saturated carbocycles. The largest absolute Gasteiger partial charge is 0.491 e. The first-order valence-corrected chi connectivity index (χ1v) is 4.93. The molecule has 2 rings (SSSR count). The van der Waals surface area contributed by atoms with E-state index >= 15 is 0 Å². The van der Waals surface area contributed by atoms with Gasteiger partial charge in [0.15, 0.2) is 0 Å². The molecule has 2 nitrogen and oxygen atoms in total. The summed E-state index contributed by atoms with van der Waals surface area (Å²) in [7, 11) is 0. The van der Waals surface area contributed by atoms with E-state index in [0.717, 1.165) is 17.9 Å². The number of rotatable bonds is 4. The molecule has 0 N–H and O–H groups in total. The molecular weight excluding hydrogens is 200 g/mol. The summed E-state index contributed by atoms with van der Waals surface area (Å²) < 4.78 is 10.5. The number of halogens is 1. The molecule has 1 fully saturated rings. The summed E-state index contributed by atoms with van der Waals surface area (Å²) >= 11 is 5.46. The molecule has 0 amide bonds. The molecule has 1 aliphatic heterocycles. The Hall–Kier alpha value is -0.990. The Morgan fingerprint density at radius 1 is 1.43 bits per heavy atom. The van der Waals surface area contributed by atoms with Crippen molar-refractivity contribution in [3.8, 4) is 5.75 Å². The van der Waals surface area contributed by atoms with Crippen LogP contribution >= 0.6 is 11.6 Å². The van der Waals surface area contributed by atoms with Crippen molar-refractivity contribution >= 4 is 17.7 Å². The van der Waals surface area contributed by atoms with Crippen molar-refractivity contribution < 1.29 is 9.47 Å². The van der Waals surface area contributed by atoms with Gasteiger partial charge >= 0.3 is 0 Å². The molecular formula is C11H11ClO2. The smallest absolute Gasteiger partial charge is 0.119 e. The van der Waals surface area contributed by atoms with Crippen LogP contribution in [0.1, 0.15) is 5.56 Å². The molecule has 0 aromatic heterocycles. The highest BCUT2D eigenvalue weighted by molar-refractivity contribution is 6.27. The number of hydrogen-bond donors (Lipinski definition) is 0. The van der Waals surface area contributed by atoms with Gasteiger partial charge in [-0.1, -0.05) is 23.7 Å². The fraction of sp³-hybridized carbons (Fsp3) is 0.273.